The summed E-state index contributed by atoms with van der Waals surface area (Å²) in [4.78, 5) is 28.9. The van der Waals surface area contributed by atoms with Gasteiger partial charge in [0.25, 0.3) is 0 Å². The van der Waals surface area contributed by atoms with Gasteiger partial charge in [0.05, 0.1) is 6.61 Å². The molecule has 5 rings (SSSR count). The van der Waals surface area contributed by atoms with Crippen molar-refractivity contribution in [3.05, 3.63) is 76.6 Å². The smallest absolute Gasteiger partial charge is 0.339 e. The van der Waals surface area contributed by atoms with Crippen LogP contribution in [0.15, 0.2) is 76.0 Å². The number of Topliss-reactive ketones (excluding diaryl/α,β-unsaturated/α-hetero) is 2. The molecule has 7 nitrogen and oxygen atoms in total. The minimum Gasteiger partial charge on any atom is -0.490 e. The van der Waals surface area contributed by atoms with Gasteiger partial charge in [0.15, 0.2) is 23.1 Å². The van der Waals surface area contributed by atoms with Gasteiger partial charge < -0.3 is 13.8 Å². The topological polar surface area (TPSA) is 90.0 Å². The lowest BCUT2D eigenvalue weighted by Crippen LogP contribution is -2.39. The van der Waals surface area contributed by atoms with Crippen molar-refractivity contribution in [1.29, 1.82) is 0 Å². The summed E-state index contributed by atoms with van der Waals surface area (Å²) < 4.78 is 37.1. The molecular weight excluding hydrogens is 490 g/mol. The van der Waals surface area contributed by atoms with E-state index in [1.807, 2.05) is 0 Å². The van der Waals surface area contributed by atoms with Crippen LogP contribution in [0, 0.1) is 0 Å². The second kappa shape index (κ2) is 10.2. The third-order valence-corrected chi connectivity index (χ3v) is 8.48. The summed E-state index contributed by atoms with van der Waals surface area (Å²) in [5, 5.41) is 0. The molecule has 0 amide bonds. The Bertz CT molecular complexity index is 1360. The Hall–Kier alpha value is -3.39. The van der Waals surface area contributed by atoms with Gasteiger partial charge in [-0.25, -0.2) is 0 Å². The fourth-order valence-corrected chi connectivity index (χ4v) is 6.69. The maximum atomic E-state index is 13.3. The Kier molecular flexibility index (Phi) is 6.94. The lowest BCUT2D eigenvalue weighted by Gasteiger charge is -2.43. The molecule has 0 fully saturated rings. The summed E-state index contributed by atoms with van der Waals surface area (Å²) in [6.45, 7) is 4.86. The number of allylic oxidation sites excluding steroid dienone is 4. The molecule has 0 bridgehead atoms. The van der Waals surface area contributed by atoms with Crippen LogP contribution in [-0.2, 0) is 19.7 Å². The van der Waals surface area contributed by atoms with Gasteiger partial charge in [-0.1, -0.05) is 24.3 Å². The highest BCUT2D eigenvalue weighted by atomic mass is 32.2. The van der Waals surface area contributed by atoms with Crippen LogP contribution in [0.3, 0.4) is 0 Å². The maximum Gasteiger partial charge on any atom is 0.339 e. The molecular formula is C29H31NO6S. The molecule has 0 spiro atoms. The maximum absolute atomic E-state index is 13.3. The highest BCUT2D eigenvalue weighted by molar-refractivity contribution is 7.87. The zero-order valence-electron chi connectivity index (χ0n) is 21.2. The number of hydrogen-bond donors (Lipinski definition) is 0. The summed E-state index contributed by atoms with van der Waals surface area (Å²) in [6.07, 6.45) is 4.10. The number of ether oxygens (including phenoxy) is 1. The molecule has 194 valence electrons. The molecule has 0 unspecified atom stereocenters. The van der Waals surface area contributed by atoms with E-state index in [1.165, 1.54) is 12.1 Å². The number of rotatable bonds is 7. The summed E-state index contributed by atoms with van der Waals surface area (Å²) >= 11 is 0. The zero-order valence-corrected chi connectivity index (χ0v) is 22.0. The van der Waals surface area contributed by atoms with E-state index in [9.17, 15) is 18.0 Å². The second-order valence-electron chi connectivity index (χ2n) is 9.44. The first-order valence-corrected chi connectivity index (χ1v) is 14.3. The average molecular weight is 522 g/mol. The van der Waals surface area contributed by atoms with Crippen LogP contribution in [0.5, 0.6) is 11.5 Å². The van der Waals surface area contributed by atoms with Crippen molar-refractivity contribution in [3.8, 4) is 11.5 Å². The molecule has 1 aliphatic heterocycles. The van der Waals surface area contributed by atoms with E-state index in [4.69, 9.17) is 8.92 Å². The number of benzene rings is 2. The molecule has 0 saturated carbocycles. The van der Waals surface area contributed by atoms with Crippen molar-refractivity contribution >= 4 is 21.7 Å². The number of hydrogen-bond acceptors (Lipinski definition) is 7. The van der Waals surface area contributed by atoms with Crippen LogP contribution in [0.4, 0.5) is 0 Å². The van der Waals surface area contributed by atoms with E-state index in [1.54, 1.807) is 43.3 Å². The van der Waals surface area contributed by atoms with E-state index >= 15 is 0 Å². The van der Waals surface area contributed by atoms with Gasteiger partial charge in [-0.3, -0.25) is 9.59 Å². The fourth-order valence-electron chi connectivity index (χ4n) is 5.73. The van der Waals surface area contributed by atoms with E-state index in [2.05, 4.69) is 11.8 Å². The Morgan fingerprint density at radius 2 is 1.46 bits per heavy atom. The minimum atomic E-state index is -4.07. The van der Waals surface area contributed by atoms with E-state index in [0.717, 1.165) is 42.6 Å². The molecule has 0 N–H and O–H groups in total. The van der Waals surface area contributed by atoms with Crippen molar-refractivity contribution in [2.45, 2.75) is 63.2 Å². The van der Waals surface area contributed by atoms with Crippen molar-refractivity contribution in [3.63, 3.8) is 0 Å². The Morgan fingerprint density at radius 1 is 0.838 bits per heavy atom. The average Bonchev–Trinajstić information content (AvgIpc) is 2.89. The molecule has 37 heavy (non-hydrogen) atoms. The number of carbonyl (C=O) groups is 2. The van der Waals surface area contributed by atoms with Crippen molar-refractivity contribution in [2.24, 2.45) is 0 Å². The summed E-state index contributed by atoms with van der Waals surface area (Å²) in [5.41, 5.74) is 4.14. The van der Waals surface area contributed by atoms with Gasteiger partial charge in [-0.2, -0.15) is 8.42 Å². The highest BCUT2D eigenvalue weighted by Crippen LogP contribution is 2.50. The monoisotopic (exact) mass is 521 g/mol. The molecule has 2 aromatic rings. The molecule has 0 saturated heterocycles. The quantitative estimate of drug-likeness (QED) is 0.458. The van der Waals surface area contributed by atoms with Crippen LogP contribution in [0.1, 0.15) is 63.9 Å². The van der Waals surface area contributed by atoms with Crippen LogP contribution >= 0.6 is 0 Å². The lowest BCUT2D eigenvalue weighted by atomic mass is 9.71. The molecule has 0 aromatic heterocycles. The third-order valence-electron chi connectivity index (χ3n) is 7.23. The molecule has 0 atom stereocenters. The largest absolute Gasteiger partial charge is 0.490 e. The van der Waals surface area contributed by atoms with Crippen molar-refractivity contribution in [1.82, 2.24) is 4.90 Å². The van der Waals surface area contributed by atoms with Gasteiger partial charge in [0.1, 0.15) is 4.90 Å². The standard InChI is InChI=1S/C29H31NO6S/c1-3-30-21-12-8-14-23(31)28(21)27(29-22(30)13-9-15-24(29)32)19-16-17-25(26(18-19)35-4-2)36-37(33,34)20-10-6-5-7-11-20/h5-7,10-11,16-18,27H,3-4,8-9,12-15H2,1-2H3. The zero-order chi connectivity index (χ0) is 26.2. The van der Waals surface area contributed by atoms with Crippen LogP contribution in [-0.4, -0.2) is 38.0 Å². The Balaban J connectivity index is 1.62. The summed E-state index contributed by atoms with van der Waals surface area (Å²) in [6, 6.07) is 13.0. The van der Waals surface area contributed by atoms with Gasteiger partial charge in [0.2, 0.25) is 0 Å². The molecule has 2 aromatic carbocycles. The molecule has 2 aliphatic carbocycles. The van der Waals surface area contributed by atoms with Crippen LogP contribution in [0.25, 0.3) is 0 Å². The summed E-state index contributed by atoms with van der Waals surface area (Å²) in [7, 11) is -4.07. The number of carbonyl (C=O) groups excluding carboxylic acids is 2. The Morgan fingerprint density at radius 3 is 2.03 bits per heavy atom. The van der Waals surface area contributed by atoms with Crippen molar-refractivity contribution in [2.75, 3.05) is 13.2 Å². The van der Waals surface area contributed by atoms with Gasteiger partial charge >= 0.3 is 10.1 Å². The van der Waals surface area contributed by atoms with Gasteiger partial charge in [0, 0.05) is 47.8 Å². The van der Waals surface area contributed by atoms with E-state index in [0.29, 0.717) is 37.1 Å². The predicted molar refractivity (Wildman–Crippen MR) is 139 cm³/mol. The van der Waals surface area contributed by atoms with Gasteiger partial charge in [-0.15, -0.1) is 0 Å². The SMILES string of the molecule is CCOc1cc(C2C3=C(CCCC3=O)N(CC)C3=C2C(=O)CCC3)ccc1OS(=O)(=O)c1ccccc1. The van der Waals surface area contributed by atoms with Gasteiger partial charge in [-0.05, 0) is 69.4 Å². The summed E-state index contributed by atoms with van der Waals surface area (Å²) in [5.74, 6) is -0.0337. The molecule has 1 heterocycles. The second-order valence-corrected chi connectivity index (χ2v) is 11.0. The minimum absolute atomic E-state index is 0.0404. The van der Waals surface area contributed by atoms with E-state index in [-0.39, 0.29) is 28.0 Å². The third kappa shape index (κ3) is 4.59. The molecule has 3 aliphatic rings. The lowest BCUT2D eigenvalue weighted by molar-refractivity contribution is -0.117. The highest BCUT2D eigenvalue weighted by Gasteiger charge is 2.43. The Labute approximate surface area is 217 Å². The molecule has 0 radical (unpaired) electrons. The number of nitrogens with zero attached hydrogens (tertiary/aromatic N) is 1. The normalized spacial score (nSPS) is 18.6. The molecule has 8 heteroatoms. The van der Waals surface area contributed by atoms with E-state index < -0.39 is 16.0 Å². The number of ketones is 2. The first-order valence-electron chi connectivity index (χ1n) is 12.9. The van der Waals surface area contributed by atoms with Crippen molar-refractivity contribution < 1.29 is 26.9 Å². The van der Waals surface area contributed by atoms with Crippen LogP contribution in [0.2, 0.25) is 0 Å². The fraction of sp³-hybridized carbons (Fsp3) is 0.379. The van der Waals surface area contributed by atoms with Crippen LogP contribution < -0.4 is 8.92 Å². The first kappa shape index (κ1) is 25.3. The first-order chi connectivity index (χ1) is 17.9. The predicted octanol–water partition coefficient (Wildman–Crippen LogP) is 5.29.